The van der Waals surface area contributed by atoms with E-state index in [1.165, 1.54) is 11.3 Å². The van der Waals surface area contributed by atoms with E-state index in [1.54, 1.807) is 0 Å². The highest BCUT2D eigenvalue weighted by Crippen LogP contribution is 2.24. The minimum absolute atomic E-state index is 0.386. The van der Waals surface area contributed by atoms with Crippen LogP contribution in [0.4, 0.5) is 5.13 Å². The van der Waals surface area contributed by atoms with Gasteiger partial charge in [-0.15, -0.1) is 11.3 Å². The molecule has 0 spiro atoms. The summed E-state index contributed by atoms with van der Waals surface area (Å²) < 4.78 is 0. The van der Waals surface area contributed by atoms with Gasteiger partial charge in [0.25, 0.3) is 0 Å². The molecule has 0 bridgehead atoms. The van der Waals surface area contributed by atoms with Crippen LogP contribution in [-0.2, 0) is 4.79 Å². The van der Waals surface area contributed by atoms with Crippen molar-refractivity contribution in [2.24, 2.45) is 5.73 Å². The third-order valence-corrected chi connectivity index (χ3v) is 3.10. The van der Waals surface area contributed by atoms with E-state index in [-0.39, 0.29) is 6.61 Å². The Morgan fingerprint density at radius 3 is 2.83 bits per heavy atom. The molecule has 0 aliphatic carbocycles. The molecule has 1 aromatic heterocycles. The lowest BCUT2D eigenvalue weighted by Gasteiger charge is -2.06. The molecule has 1 atom stereocenters. The predicted molar refractivity (Wildman–Crippen MR) is 71.2 cm³/mol. The molecule has 1 aromatic carbocycles. The number of nitrogens with two attached hydrogens (primary N) is 1. The third-order valence-electron chi connectivity index (χ3n) is 2.34. The maximum Gasteiger partial charge on any atom is 0.245 e. The monoisotopic (exact) mass is 263 g/mol. The summed E-state index contributed by atoms with van der Waals surface area (Å²) in [6.07, 6.45) is 0. The van der Waals surface area contributed by atoms with Crippen LogP contribution in [-0.4, -0.2) is 28.6 Å². The third kappa shape index (κ3) is 2.92. The number of aromatic nitrogens is 1. The van der Waals surface area contributed by atoms with Crippen molar-refractivity contribution < 1.29 is 9.90 Å². The van der Waals surface area contributed by atoms with E-state index < -0.39 is 11.9 Å². The van der Waals surface area contributed by atoms with Gasteiger partial charge in [0, 0.05) is 10.9 Å². The number of rotatable bonds is 4. The van der Waals surface area contributed by atoms with E-state index in [9.17, 15) is 4.79 Å². The fourth-order valence-corrected chi connectivity index (χ4v) is 2.08. The summed E-state index contributed by atoms with van der Waals surface area (Å²) in [6.45, 7) is -0.386. The number of anilines is 1. The van der Waals surface area contributed by atoms with Crippen LogP contribution in [0.5, 0.6) is 0 Å². The van der Waals surface area contributed by atoms with Crippen LogP contribution >= 0.6 is 11.3 Å². The van der Waals surface area contributed by atoms with E-state index in [0.29, 0.717) is 5.13 Å². The van der Waals surface area contributed by atoms with Gasteiger partial charge in [0.15, 0.2) is 5.13 Å². The summed E-state index contributed by atoms with van der Waals surface area (Å²) in [5, 5.41) is 13.7. The van der Waals surface area contributed by atoms with Gasteiger partial charge in [-0.1, -0.05) is 30.3 Å². The average molecular weight is 263 g/mol. The lowest BCUT2D eigenvalue weighted by atomic mass is 10.2. The average Bonchev–Trinajstić information content (AvgIpc) is 2.87. The summed E-state index contributed by atoms with van der Waals surface area (Å²) in [5.41, 5.74) is 7.18. The molecule has 4 N–H and O–H groups in total. The van der Waals surface area contributed by atoms with Crippen molar-refractivity contribution in [1.29, 1.82) is 0 Å². The maximum absolute atomic E-state index is 11.5. The first-order valence-electron chi connectivity index (χ1n) is 5.39. The maximum atomic E-state index is 11.5. The van der Waals surface area contributed by atoms with E-state index in [0.717, 1.165) is 11.3 Å². The molecule has 2 rings (SSSR count). The fraction of sp³-hybridized carbons (Fsp3) is 0.167. The number of nitrogens with zero attached hydrogens (tertiary/aromatic N) is 1. The van der Waals surface area contributed by atoms with Gasteiger partial charge in [-0.2, -0.15) is 0 Å². The number of aliphatic hydroxyl groups excluding tert-OH is 1. The lowest BCUT2D eigenvalue weighted by Crippen LogP contribution is -2.38. The first-order chi connectivity index (χ1) is 8.70. The molecule has 0 saturated heterocycles. The Kier molecular flexibility index (Phi) is 4.03. The number of aliphatic hydroxyl groups is 1. The Labute approximate surface area is 108 Å². The molecular weight excluding hydrogens is 250 g/mol. The van der Waals surface area contributed by atoms with Crippen LogP contribution in [0.25, 0.3) is 11.3 Å². The van der Waals surface area contributed by atoms with Gasteiger partial charge in [0.05, 0.1) is 12.3 Å². The highest BCUT2D eigenvalue weighted by atomic mass is 32.1. The van der Waals surface area contributed by atoms with Crippen LogP contribution in [0.15, 0.2) is 35.7 Å². The molecule has 0 aliphatic heterocycles. The summed E-state index contributed by atoms with van der Waals surface area (Å²) in [4.78, 5) is 15.7. The quantitative estimate of drug-likeness (QED) is 0.770. The Bertz CT molecular complexity index is 527. The molecule has 1 amide bonds. The van der Waals surface area contributed by atoms with E-state index >= 15 is 0 Å². The van der Waals surface area contributed by atoms with E-state index in [1.807, 2.05) is 35.7 Å². The topological polar surface area (TPSA) is 88.2 Å². The van der Waals surface area contributed by atoms with Crippen molar-refractivity contribution in [3.63, 3.8) is 0 Å². The molecule has 94 valence electrons. The van der Waals surface area contributed by atoms with Crippen LogP contribution in [0.2, 0.25) is 0 Å². The van der Waals surface area contributed by atoms with Crippen molar-refractivity contribution in [2.75, 3.05) is 11.9 Å². The molecular formula is C12H13N3O2S. The zero-order valence-corrected chi connectivity index (χ0v) is 10.4. The van der Waals surface area contributed by atoms with Crippen LogP contribution in [0.3, 0.4) is 0 Å². The molecule has 0 unspecified atom stereocenters. The molecule has 1 heterocycles. The lowest BCUT2D eigenvalue weighted by molar-refractivity contribution is -0.118. The van der Waals surface area contributed by atoms with Crippen molar-refractivity contribution in [3.8, 4) is 11.3 Å². The van der Waals surface area contributed by atoms with Gasteiger partial charge in [-0.25, -0.2) is 4.98 Å². The van der Waals surface area contributed by atoms with Gasteiger partial charge in [-0.3, -0.25) is 4.79 Å². The van der Waals surface area contributed by atoms with E-state index in [2.05, 4.69) is 10.3 Å². The minimum atomic E-state index is -0.922. The van der Waals surface area contributed by atoms with Gasteiger partial charge in [-0.05, 0) is 0 Å². The Morgan fingerprint density at radius 2 is 2.17 bits per heavy atom. The standard InChI is InChI=1S/C12H13N3O2S/c13-9(6-16)11(17)15-12-14-10(7-18-12)8-4-2-1-3-5-8/h1-5,7,9,16H,6,13H2,(H,14,15,17)/t9-/m0/s1. The van der Waals surface area contributed by atoms with Crippen molar-refractivity contribution in [2.45, 2.75) is 6.04 Å². The van der Waals surface area contributed by atoms with Crippen molar-refractivity contribution in [1.82, 2.24) is 4.98 Å². The summed E-state index contributed by atoms with van der Waals surface area (Å²) >= 11 is 1.32. The number of carbonyl (C=O) groups excluding carboxylic acids is 1. The van der Waals surface area contributed by atoms with Crippen LogP contribution < -0.4 is 11.1 Å². The fourth-order valence-electron chi connectivity index (χ4n) is 1.35. The summed E-state index contributed by atoms with van der Waals surface area (Å²) in [7, 11) is 0. The summed E-state index contributed by atoms with van der Waals surface area (Å²) in [5.74, 6) is -0.438. The van der Waals surface area contributed by atoms with Gasteiger partial charge in [0.1, 0.15) is 6.04 Å². The largest absolute Gasteiger partial charge is 0.394 e. The number of benzene rings is 1. The number of hydrogen-bond donors (Lipinski definition) is 3. The SMILES string of the molecule is N[C@@H](CO)C(=O)Nc1nc(-c2ccccc2)cs1. The Morgan fingerprint density at radius 1 is 1.44 bits per heavy atom. The molecule has 0 saturated carbocycles. The number of thiazole rings is 1. The molecule has 0 aliphatic rings. The smallest absolute Gasteiger partial charge is 0.245 e. The minimum Gasteiger partial charge on any atom is -0.394 e. The number of nitrogens with one attached hydrogen (secondary N) is 1. The number of amides is 1. The second-order valence-electron chi connectivity index (χ2n) is 3.68. The van der Waals surface area contributed by atoms with Gasteiger partial charge >= 0.3 is 0 Å². The van der Waals surface area contributed by atoms with Crippen LogP contribution in [0.1, 0.15) is 0 Å². The first kappa shape index (κ1) is 12.7. The van der Waals surface area contributed by atoms with Crippen LogP contribution in [0, 0.1) is 0 Å². The Hall–Kier alpha value is -1.76. The first-order valence-corrected chi connectivity index (χ1v) is 6.27. The molecule has 0 fully saturated rings. The number of hydrogen-bond acceptors (Lipinski definition) is 5. The van der Waals surface area contributed by atoms with Crippen molar-refractivity contribution >= 4 is 22.4 Å². The second-order valence-corrected chi connectivity index (χ2v) is 4.54. The second kappa shape index (κ2) is 5.72. The van der Waals surface area contributed by atoms with Crippen molar-refractivity contribution in [3.05, 3.63) is 35.7 Å². The molecule has 2 aromatic rings. The Balaban J connectivity index is 2.10. The normalized spacial score (nSPS) is 12.1. The molecule has 0 radical (unpaired) electrons. The zero-order valence-electron chi connectivity index (χ0n) is 9.54. The molecule has 18 heavy (non-hydrogen) atoms. The predicted octanol–water partition coefficient (Wildman–Crippen LogP) is 1.07. The highest BCUT2D eigenvalue weighted by Gasteiger charge is 2.14. The van der Waals surface area contributed by atoms with Gasteiger partial charge in [0.2, 0.25) is 5.91 Å². The highest BCUT2D eigenvalue weighted by molar-refractivity contribution is 7.14. The molecule has 6 heteroatoms. The molecule has 5 nitrogen and oxygen atoms in total. The zero-order chi connectivity index (χ0) is 13.0. The summed E-state index contributed by atoms with van der Waals surface area (Å²) in [6, 6.07) is 8.75. The number of carbonyl (C=O) groups is 1. The van der Waals surface area contributed by atoms with Gasteiger partial charge < -0.3 is 16.2 Å². The van der Waals surface area contributed by atoms with E-state index in [4.69, 9.17) is 10.8 Å².